The van der Waals surface area contributed by atoms with E-state index in [1.807, 2.05) is 26.8 Å². The SMILES string of the molecule is COc1ccc(N(CC(=O)NC(C)C)S(=O)(=O)c2cc(C)ccc2C)cc1. The van der Waals surface area contributed by atoms with Gasteiger partial charge in [-0.25, -0.2) is 8.42 Å². The molecule has 1 amide bonds. The Morgan fingerprint density at radius 1 is 1.11 bits per heavy atom. The molecule has 0 atom stereocenters. The van der Waals surface area contributed by atoms with E-state index in [9.17, 15) is 13.2 Å². The van der Waals surface area contributed by atoms with Crippen molar-refractivity contribution in [3.8, 4) is 5.75 Å². The number of benzene rings is 2. The molecular weight excluding hydrogens is 364 g/mol. The van der Waals surface area contributed by atoms with Gasteiger partial charge in [0.2, 0.25) is 5.91 Å². The third-order valence-corrected chi connectivity index (χ3v) is 5.92. The molecular formula is C20H26N2O4S. The lowest BCUT2D eigenvalue weighted by atomic mass is 10.2. The van der Waals surface area contributed by atoms with Crippen LogP contribution in [0.3, 0.4) is 0 Å². The van der Waals surface area contributed by atoms with Gasteiger partial charge in [-0.05, 0) is 69.2 Å². The van der Waals surface area contributed by atoms with Crippen molar-refractivity contribution in [2.75, 3.05) is 18.0 Å². The van der Waals surface area contributed by atoms with Gasteiger partial charge in [-0.3, -0.25) is 9.10 Å². The number of hydrogen-bond donors (Lipinski definition) is 1. The van der Waals surface area contributed by atoms with Gasteiger partial charge in [-0.2, -0.15) is 0 Å². The van der Waals surface area contributed by atoms with Crippen molar-refractivity contribution in [1.82, 2.24) is 5.32 Å². The molecule has 0 aromatic heterocycles. The van der Waals surface area contributed by atoms with Crippen molar-refractivity contribution in [3.63, 3.8) is 0 Å². The minimum atomic E-state index is -3.93. The summed E-state index contributed by atoms with van der Waals surface area (Å²) < 4.78 is 33.1. The molecule has 0 aliphatic carbocycles. The molecule has 2 rings (SSSR count). The van der Waals surface area contributed by atoms with Gasteiger partial charge < -0.3 is 10.1 Å². The zero-order valence-corrected chi connectivity index (χ0v) is 17.1. The Morgan fingerprint density at radius 2 is 1.74 bits per heavy atom. The van der Waals surface area contributed by atoms with Crippen molar-refractivity contribution >= 4 is 21.6 Å². The summed E-state index contributed by atoms with van der Waals surface area (Å²) >= 11 is 0. The van der Waals surface area contributed by atoms with Gasteiger partial charge in [0.1, 0.15) is 12.3 Å². The molecule has 0 saturated carbocycles. The first-order valence-corrected chi connectivity index (χ1v) is 10.1. The van der Waals surface area contributed by atoms with Crippen molar-refractivity contribution < 1.29 is 17.9 Å². The van der Waals surface area contributed by atoms with E-state index >= 15 is 0 Å². The van der Waals surface area contributed by atoms with Crippen molar-refractivity contribution in [3.05, 3.63) is 53.6 Å². The molecule has 0 radical (unpaired) electrons. The van der Waals surface area contributed by atoms with Crippen molar-refractivity contribution in [1.29, 1.82) is 0 Å². The lowest BCUT2D eigenvalue weighted by molar-refractivity contribution is -0.120. The highest BCUT2D eigenvalue weighted by Crippen LogP contribution is 2.27. The van der Waals surface area contributed by atoms with E-state index in [0.717, 1.165) is 9.87 Å². The first-order chi connectivity index (χ1) is 12.6. The van der Waals surface area contributed by atoms with Gasteiger partial charge in [0.05, 0.1) is 17.7 Å². The van der Waals surface area contributed by atoms with Crippen LogP contribution in [0.4, 0.5) is 5.69 Å². The van der Waals surface area contributed by atoms with Gasteiger partial charge in [0.15, 0.2) is 0 Å². The number of amides is 1. The molecule has 27 heavy (non-hydrogen) atoms. The smallest absolute Gasteiger partial charge is 0.265 e. The zero-order chi connectivity index (χ0) is 20.2. The monoisotopic (exact) mass is 390 g/mol. The fourth-order valence-corrected chi connectivity index (χ4v) is 4.40. The second-order valence-corrected chi connectivity index (χ2v) is 8.53. The van der Waals surface area contributed by atoms with Crippen LogP contribution < -0.4 is 14.4 Å². The van der Waals surface area contributed by atoms with E-state index in [0.29, 0.717) is 17.0 Å². The van der Waals surface area contributed by atoms with Crippen LogP contribution in [0, 0.1) is 13.8 Å². The topological polar surface area (TPSA) is 75.7 Å². The molecule has 0 fully saturated rings. The number of carbonyl (C=O) groups is 1. The summed E-state index contributed by atoms with van der Waals surface area (Å²) in [6.45, 7) is 6.93. The highest BCUT2D eigenvalue weighted by Gasteiger charge is 2.28. The Bertz CT molecular complexity index is 906. The quantitative estimate of drug-likeness (QED) is 0.788. The van der Waals surface area contributed by atoms with Crippen LogP contribution in [0.5, 0.6) is 5.75 Å². The van der Waals surface area contributed by atoms with E-state index < -0.39 is 10.0 Å². The second kappa shape index (κ2) is 8.43. The lowest BCUT2D eigenvalue weighted by Gasteiger charge is -2.25. The number of sulfonamides is 1. The third kappa shape index (κ3) is 5.01. The number of aryl methyl sites for hydroxylation is 2. The molecule has 7 heteroatoms. The summed E-state index contributed by atoms with van der Waals surface area (Å²) in [5.74, 6) is 0.240. The normalized spacial score (nSPS) is 11.3. The van der Waals surface area contributed by atoms with Crippen molar-refractivity contribution in [2.24, 2.45) is 0 Å². The standard InChI is InChI=1S/C20H26N2O4S/c1-14(2)21-20(23)13-22(17-8-10-18(26-5)11-9-17)27(24,25)19-12-15(3)6-7-16(19)4/h6-12,14H,13H2,1-5H3,(H,21,23). The Kier molecular flexibility index (Phi) is 6.49. The summed E-state index contributed by atoms with van der Waals surface area (Å²) in [5.41, 5.74) is 1.86. The van der Waals surface area contributed by atoms with Crippen LogP contribution in [0.1, 0.15) is 25.0 Å². The second-order valence-electron chi connectivity index (χ2n) is 6.70. The van der Waals surface area contributed by atoms with Crippen molar-refractivity contribution in [2.45, 2.75) is 38.6 Å². The summed E-state index contributed by atoms with van der Waals surface area (Å²) in [4.78, 5) is 12.5. The number of carbonyl (C=O) groups excluding carboxylic acids is 1. The molecule has 0 unspecified atom stereocenters. The number of nitrogens with one attached hydrogen (secondary N) is 1. The molecule has 0 bridgehead atoms. The minimum Gasteiger partial charge on any atom is -0.497 e. The van der Waals surface area contributed by atoms with Gasteiger partial charge in [0.25, 0.3) is 10.0 Å². The number of rotatable bonds is 7. The van der Waals surface area contributed by atoms with Crippen LogP contribution in [0.25, 0.3) is 0 Å². The first-order valence-electron chi connectivity index (χ1n) is 8.68. The van der Waals surface area contributed by atoms with Crippen LogP contribution in [-0.2, 0) is 14.8 Å². The molecule has 0 aliphatic heterocycles. The summed E-state index contributed by atoms with van der Waals surface area (Å²) in [5, 5.41) is 2.75. The fraction of sp³-hybridized carbons (Fsp3) is 0.350. The maximum absolute atomic E-state index is 13.4. The summed E-state index contributed by atoms with van der Waals surface area (Å²) in [6, 6.07) is 11.8. The maximum Gasteiger partial charge on any atom is 0.265 e. The van der Waals surface area contributed by atoms with E-state index in [-0.39, 0.29) is 23.4 Å². The average molecular weight is 391 g/mol. The molecule has 0 heterocycles. The summed E-state index contributed by atoms with van der Waals surface area (Å²) in [6.07, 6.45) is 0. The molecule has 1 N–H and O–H groups in total. The number of hydrogen-bond acceptors (Lipinski definition) is 4. The molecule has 2 aromatic carbocycles. The zero-order valence-electron chi connectivity index (χ0n) is 16.3. The molecule has 2 aromatic rings. The van der Waals surface area contributed by atoms with Crippen LogP contribution in [0.2, 0.25) is 0 Å². The Labute approximate surface area is 161 Å². The van der Waals surface area contributed by atoms with Gasteiger partial charge in [0, 0.05) is 6.04 Å². The summed E-state index contributed by atoms with van der Waals surface area (Å²) in [7, 11) is -2.39. The third-order valence-electron chi connectivity index (χ3n) is 4.01. The molecule has 0 aliphatic rings. The highest BCUT2D eigenvalue weighted by molar-refractivity contribution is 7.93. The number of anilines is 1. The van der Waals surface area contributed by atoms with E-state index in [2.05, 4.69) is 5.32 Å². The van der Waals surface area contributed by atoms with E-state index in [4.69, 9.17) is 4.74 Å². The Balaban J connectivity index is 2.52. The highest BCUT2D eigenvalue weighted by atomic mass is 32.2. The van der Waals surface area contributed by atoms with Gasteiger partial charge in [-0.15, -0.1) is 0 Å². The number of methoxy groups -OCH3 is 1. The Hall–Kier alpha value is -2.54. The number of nitrogens with zero attached hydrogens (tertiary/aromatic N) is 1. The molecule has 146 valence electrons. The minimum absolute atomic E-state index is 0.0846. The van der Waals surface area contributed by atoms with Crippen LogP contribution in [-0.4, -0.2) is 34.0 Å². The lowest BCUT2D eigenvalue weighted by Crippen LogP contribution is -2.43. The average Bonchev–Trinajstić information content (AvgIpc) is 2.61. The largest absolute Gasteiger partial charge is 0.497 e. The predicted octanol–water partition coefficient (Wildman–Crippen LogP) is 3.03. The molecule has 0 saturated heterocycles. The first kappa shape index (κ1) is 20.8. The van der Waals surface area contributed by atoms with E-state index in [1.54, 1.807) is 43.3 Å². The van der Waals surface area contributed by atoms with E-state index in [1.165, 1.54) is 7.11 Å². The predicted molar refractivity (Wildman–Crippen MR) is 107 cm³/mol. The van der Waals surface area contributed by atoms with Gasteiger partial charge in [-0.1, -0.05) is 12.1 Å². The maximum atomic E-state index is 13.4. The number of ether oxygens (including phenoxy) is 1. The van der Waals surface area contributed by atoms with Gasteiger partial charge >= 0.3 is 0 Å². The molecule has 6 nitrogen and oxygen atoms in total. The van der Waals surface area contributed by atoms with Crippen LogP contribution in [0.15, 0.2) is 47.4 Å². The molecule has 0 spiro atoms. The van der Waals surface area contributed by atoms with Crippen LogP contribution >= 0.6 is 0 Å². The Morgan fingerprint density at radius 3 is 2.30 bits per heavy atom. The fourth-order valence-electron chi connectivity index (χ4n) is 2.67.